The predicted molar refractivity (Wildman–Crippen MR) is 117 cm³/mol. The Bertz CT molecular complexity index is 744. The van der Waals surface area contributed by atoms with Crippen LogP contribution in [-0.4, -0.2) is 37.0 Å². The van der Waals surface area contributed by atoms with Crippen LogP contribution in [0.1, 0.15) is 35.7 Å². The average molecular weight is 423 g/mol. The van der Waals surface area contributed by atoms with Crippen LogP contribution in [0.15, 0.2) is 48.5 Å². The van der Waals surface area contributed by atoms with E-state index in [-0.39, 0.29) is 18.3 Å². The van der Waals surface area contributed by atoms with Gasteiger partial charge in [-0.2, -0.15) is 0 Å². The summed E-state index contributed by atoms with van der Waals surface area (Å²) in [6.07, 6.45) is 2.10. The van der Waals surface area contributed by atoms with Gasteiger partial charge in [-0.3, -0.25) is 4.79 Å². The van der Waals surface area contributed by atoms with Gasteiger partial charge >= 0.3 is 0 Å². The molecule has 6 heteroatoms. The van der Waals surface area contributed by atoms with Crippen LogP contribution in [0.2, 0.25) is 5.02 Å². The van der Waals surface area contributed by atoms with Crippen molar-refractivity contribution in [2.24, 2.45) is 5.92 Å². The van der Waals surface area contributed by atoms with Crippen LogP contribution in [0.25, 0.3) is 0 Å². The van der Waals surface area contributed by atoms with Crippen molar-refractivity contribution >= 4 is 29.9 Å². The zero-order valence-corrected chi connectivity index (χ0v) is 17.8. The third-order valence-corrected chi connectivity index (χ3v) is 5.26. The number of rotatable bonds is 7. The monoisotopic (exact) mass is 422 g/mol. The number of amides is 1. The fourth-order valence-electron chi connectivity index (χ4n) is 3.37. The van der Waals surface area contributed by atoms with Crippen molar-refractivity contribution in [1.29, 1.82) is 0 Å². The summed E-state index contributed by atoms with van der Waals surface area (Å²) in [6, 6.07) is 15.1. The lowest BCUT2D eigenvalue weighted by atomic mass is 9.96. The number of carbonyl (C=O) groups excluding carboxylic acids is 1. The van der Waals surface area contributed by atoms with E-state index in [4.69, 9.17) is 16.3 Å². The Kier molecular flexibility index (Phi) is 9.10. The molecule has 0 saturated carbocycles. The first-order chi connectivity index (χ1) is 13.2. The molecule has 3 rings (SSSR count). The topological polar surface area (TPSA) is 41.6 Å². The molecule has 1 saturated heterocycles. The van der Waals surface area contributed by atoms with Gasteiger partial charge in [-0.25, -0.2) is 0 Å². The van der Waals surface area contributed by atoms with Crippen molar-refractivity contribution in [1.82, 2.24) is 10.2 Å². The van der Waals surface area contributed by atoms with Gasteiger partial charge in [0, 0.05) is 18.1 Å². The van der Waals surface area contributed by atoms with Crippen LogP contribution < -0.4 is 10.1 Å². The Hall–Kier alpha value is -1.75. The molecule has 28 heavy (non-hydrogen) atoms. The van der Waals surface area contributed by atoms with Crippen molar-refractivity contribution < 1.29 is 9.53 Å². The van der Waals surface area contributed by atoms with E-state index in [0.29, 0.717) is 28.9 Å². The fourth-order valence-corrected chi connectivity index (χ4v) is 3.50. The average Bonchev–Trinajstić information content (AvgIpc) is 2.72. The minimum Gasteiger partial charge on any atom is -0.488 e. The highest BCUT2D eigenvalue weighted by molar-refractivity contribution is 6.30. The van der Waals surface area contributed by atoms with Gasteiger partial charge in [0.15, 0.2) is 0 Å². The molecule has 1 aliphatic heterocycles. The summed E-state index contributed by atoms with van der Waals surface area (Å²) >= 11 is 5.92. The predicted octanol–water partition coefficient (Wildman–Crippen LogP) is 4.80. The second-order valence-electron chi connectivity index (χ2n) is 6.95. The summed E-state index contributed by atoms with van der Waals surface area (Å²) in [5.74, 6) is 1.35. The lowest BCUT2D eigenvalue weighted by Gasteiger charge is -2.32. The van der Waals surface area contributed by atoms with E-state index in [1.54, 1.807) is 0 Å². The summed E-state index contributed by atoms with van der Waals surface area (Å²) in [4.78, 5) is 15.0. The first-order valence-corrected chi connectivity index (χ1v) is 10.0. The Morgan fingerprint density at radius 2 is 1.82 bits per heavy atom. The zero-order chi connectivity index (χ0) is 19.1. The molecule has 0 unspecified atom stereocenters. The van der Waals surface area contributed by atoms with Crippen molar-refractivity contribution in [2.75, 3.05) is 26.2 Å². The first-order valence-electron chi connectivity index (χ1n) is 9.63. The van der Waals surface area contributed by atoms with Gasteiger partial charge in [-0.15, -0.1) is 12.4 Å². The van der Waals surface area contributed by atoms with Gasteiger partial charge in [-0.05, 0) is 61.7 Å². The summed E-state index contributed by atoms with van der Waals surface area (Å²) in [5.41, 5.74) is 1.66. The zero-order valence-electron chi connectivity index (χ0n) is 16.2. The van der Waals surface area contributed by atoms with E-state index in [9.17, 15) is 4.79 Å². The minimum absolute atomic E-state index is 0. The largest absolute Gasteiger partial charge is 0.488 e. The number of nitrogens with zero attached hydrogens (tertiary/aromatic N) is 1. The number of likely N-dealkylation sites (tertiary alicyclic amines) is 1. The first kappa shape index (κ1) is 22.5. The molecule has 152 valence electrons. The van der Waals surface area contributed by atoms with Crippen molar-refractivity contribution in [3.8, 4) is 5.75 Å². The number of hydrogen-bond acceptors (Lipinski definition) is 3. The lowest BCUT2D eigenvalue weighted by molar-refractivity contribution is 0.0685. The maximum Gasteiger partial charge on any atom is 0.257 e. The Labute approximate surface area is 178 Å². The molecular formula is C22H28Cl2N2O2. The summed E-state index contributed by atoms with van der Waals surface area (Å²) in [6.45, 7) is 6.18. The smallest absolute Gasteiger partial charge is 0.257 e. The van der Waals surface area contributed by atoms with Crippen LogP contribution in [0.4, 0.5) is 0 Å². The van der Waals surface area contributed by atoms with Crippen LogP contribution in [-0.2, 0) is 6.61 Å². The van der Waals surface area contributed by atoms with E-state index in [1.165, 1.54) is 0 Å². The standard InChI is InChI=1S/C22H27ClN2O2.ClH/c1-2-24-15-17-11-13-25(14-12-17)22(26)20-5-3-4-6-21(20)27-16-18-7-9-19(23)10-8-18;/h3-10,17,24H,2,11-16H2,1H3;1H. The Balaban J connectivity index is 0.00000280. The molecule has 0 atom stereocenters. The summed E-state index contributed by atoms with van der Waals surface area (Å²) in [5, 5.41) is 4.11. The number of piperidine rings is 1. The maximum atomic E-state index is 13.0. The number of benzene rings is 2. The number of hydrogen-bond donors (Lipinski definition) is 1. The van der Waals surface area contributed by atoms with E-state index in [1.807, 2.05) is 53.4 Å². The Morgan fingerprint density at radius 1 is 1.14 bits per heavy atom. The second kappa shape index (κ2) is 11.3. The van der Waals surface area contributed by atoms with Gasteiger partial charge in [-0.1, -0.05) is 42.8 Å². The molecule has 0 aliphatic carbocycles. The highest BCUT2D eigenvalue weighted by Gasteiger charge is 2.25. The number of halogens is 2. The molecule has 0 radical (unpaired) electrons. The molecule has 1 amide bonds. The third kappa shape index (κ3) is 6.13. The molecule has 0 aromatic heterocycles. The maximum absolute atomic E-state index is 13.0. The second-order valence-corrected chi connectivity index (χ2v) is 7.39. The number of nitrogens with one attached hydrogen (secondary N) is 1. The summed E-state index contributed by atoms with van der Waals surface area (Å²) in [7, 11) is 0. The lowest BCUT2D eigenvalue weighted by Crippen LogP contribution is -2.40. The van der Waals surface area contributed by atoms with Gasteiger partial charge < -0.3 is 15.0 Å². The van der Waals surface area contributed by atoms with Crippen LogP contribution in [0.5, 0.6) is 5.75 Å². The molecule has 0 bridgehead atoms. The highest BCUT2D eigenvalue weighted by Crippen LogP contribution is 2.24. The molecule has 2 aromatic rings. The number of ether oxygens (including phenoxy) is 1. The molecule has 0 spiro atoms. The molecule has 2 aromatic carbocycles. The van der Waals surface area contributed by atoms with Gasteiger partial charge in [0.25, 0.3) is 5.91 Å². The molecule has 1 aliphatic rings. The molecule has 1 heterocycles. The summed E-state index contributed by atoms with van der Waals surface area (Å²) < 4.78 is 5.95. The van der Waals surface area contributed by atoms with Gasteiger partial charge in [0.2, 0.25) is 0 Å². The van der Waals surface area contributed by atoms with Crippen molar-refractivity contribution in [3.63, 3.8) is 0 Å². The van der Waals surface area contributed by atoms with Crippen LogP contribution >= 0.6 is 24.0 Å². The molecule has 4 nitrogen and oxygen atoms in total. The van der Waals surface area contributed by atoms with Crippen molar-refractivity contribution in [3.05, 3.63) is 64.7 Å². The normalized spacial score (nSPS) is 14.4. The van der Waals surface area contributed by atoms with E-state index in [0.717, 1.165) is 44.6 Å². The number of carbonyl (C=O) groups is 1. The SMILES string of the molecule is CCNCC1CCN(C(=O)c2ccccc2OCc2ccc(Cl)cc2)CC1.Cl. The van der Waals surface area contributed by atoms with E-state index >= 15 is 0 Å². The Morgan fingerprint density at radius 3 is 2.50 bits per heavy atom. The van der Waals surface area contributed by atoms with E-state index in [2.05, 4.69) is 12.2 Å². The van der Waals surface area contributed by atoms with Gasteiger partial charge in [0.05, 0.1) is 5.56 Å². The van der Waals surface area contributed by atoms with E-state index < -0.39 is 0 Å². The number of para-hydroxylation sites is 1. The highest BCUT2D eigenvalue weighted by atomic mass is 35.5. The van der Waals surface area contributed by atoms with Gasteiger partial charge in [0.1, 0.15) is 12.4 Å². The molecule has 1 N–H and O–H groups in total. The van der Waals surface area contributed by atoms with Crippen LogP contribution in [0, 0.1) is 5.92 Å². The molecular weight excluding hydrogens is 395 g/mol. The quantitative estimate of drug-likeness (QED) is 0.696. The van der Waals surface area contributed by atoms with Crippen molar-refractivity contribution in [2.45, 2.75) is 26.4 Å². The fraction of sp³-hybridized carbons (Fsp3) is 0.409. The third-order valence-electron chi connectivity index (χ3n) is 5.01. The minimum atomic E-state index is 0. The molecule has 1 fully saturated rings. The van der Waals surface area contributed by atoms with Crippen LogP contribution in [0.3, 0.4) is 0 Å².